The molecule has 1 N–H and O–H groups in total. The van der Waals surface area contributed by atoms with E-state index in [0.29, 0.717) is 12.8 Å². The lowest BCUT2D eigenvalue weighted by molar-refractivity contribution is -0.161. The van der Waals surface area contributed by atoms with E-state index >= 15 is 0 Å². The number of carbonyl (C=O) groups excluding carboxylic acids is 1. The third kappa shape index (κ3) is 5.17. The zero-order valence-corrected chi connectivity index (χ0v) is 11.1. The van der Waals surface area contributed by atoms with Gasteiger partial charge in [-0.3, -0.25) is 9.59 Å². The number of carboxylic acid groups (broad SMARTS) is 1. The van der Waals surface area contributed by atoms with Gasteiger partial charge < -0.3 is 9.84 Å². The summed E-state index contributed by atoms with van der Waals surface area (Å²) < 4.78 is 5.04. The van der Waals surface area contributed by atoms with Crippen LogP contribution in [0.5, 0.6) is 0 Å². The lowest BCUT2D eigenvalue weighted by Crippen LogP contribution is -2.36. The van der Waals surface area contributed by atoms with Crippen LogP contribution in [-0.4, -0.2) is 23.7 Å². The molecule has 0 unspecified atom stereocenters. The molecule has 0 saturated carbocycles. The van der Waals surface area contributed by atoms with Crippen molar-refractivity contribution in [1.29, 1.82) is 0 Å². The van der Waals surface area contributed by atoms with E-state index in [1.165, 1.54) is 6.08 Å². The number of aliphatic carboxylic acids is 1. The average Bonchev–Trinajstić information content (AvgIpc) is 2.24. The van der Waals surface area contributed by atoms with Gasteiger partial charge >= 0.3 is 11.9 Å². The summed E-state index contributed by atoms with van der Waals surface area (Å²) in [6.45, 7) is 11.1. The van der Waals surface area contributed by atoms with Crippen LogP contribution in [0.25, 0.3) is 0 Å². The van der Waals surface area contributed by atoms with Crippen LogP contribution in [0.1, 0.15) is 33.1 Å². The van der Waals surface area contributed by atoms with Gasteiger partial charge in [0.25, 0.3) is 0 Å². The molecule has 1 atom stereocenters. The van der Waals surface area contributed by atoms with E-state index in [4.69, 9.17) is 9.84 Å². The molecule has 0 bridgehead atoms. The summed E-state index contributed by atoms with van der Waals surface area (Å²) in [5.41, 5.74) is -1.02. The van der Waals surface area contributed by atoms with Crippen LogP contribution < -0.4 is 0 Å². The number of carbonyl (C=O) groups is 2. The van der Waals surface area contributed by atoms with Crippen molar-refractivity contribution in [3.8, 4) is 0 Å². The fraction of sp³-hybridized carbons (Fsp3) is 0.571. The Balaban J connectivity index is 5.14. The lowest BCUT2D eigenvalue weighted by Gasteiger charge is -2.30. The molecule has 0 radical (unpaired) electrons. The number of rotatable bonds is 9. The van der Waals surface area contributed by atoms with Gasteiger partial charge in [-0.15, -0.1) is 6.58 Å². The van der Waals surface area contributed by atoms with Gasteiger partial charge in [0.15, 0.2) is 0 Å². The molecular formula is C14H22O4. The summed E-state index contributed by atoms with van der Waals surface area (Å²) in [7, 11) is 0. The molecule has 4 heteroatoms. The van der Waals surface area contributed by atoms with Gasteiger partial charge in [-0.05, 0) is 18.8 Å². The van der Waals surface area contributed by atoms with Crippen molar-refractivity contribution >= 4 is 11.9 Å². The molecule has 0 aromatic carbocycles. The standard InChI is InChI=1S/C14H22O4/c1-5-7-14(9-11(3)4,10-12(15)16)13(17)18-8-6-2/h5-6,11H,1-2,7-10H2,3-4H3,(H,15,16)/t14-/m1/s1. The van der Waals surface area contributed by atoms with Gasteiger partial charge in [-0.2, -0.15) is 0 Å². The number of carboxylic acids is 1. The van der Waals surface area contributed by atoms with E-state index in [9.17, 15) is 9.59 Å². The molecule has 0 saturated heterocycles. The molecule has 0 aliphatic rings. The summed E-state index contributed by atoms with van der Waals surface area (Å²) in [6.07, 6.45) is 3.55. The highest BCUT2D eigenvalue weighted by Gasteiger charge is 2.41. The van der Waals surface area contributed by atoms with E-state index in [1.54, 1.807) is 6.08 Å². The molecule has 0 spiro atoms. The minimum absolute atomic E-state index is 0.0927. The first-order valence-corrected chi connectivity index (χ1v) is 5.98. The van der Waals surface area contributed by atoms with E-state index in [2.05, 4.69) is 13.2 Å². The Morgan fingerprint density at radius 2 is 1.94 bits per heavy atom. The first-order valence-electron chi connectivity index (χ1n) is 5.98. The summed E-state index contributed by atoms with van der Waals surface area (Å²) in [6, 6.07) is 0. The summed E-state index contributed by atoms with van der Waals surface area (Å²) in [5, 5.41) is 9.00. The van der Waals surface area contributed by atoms with Crippen molar-refractivity contribution in [3.63, 3.8) is 0 Å². The Morgan fingerprint density at radius 1 is 1.33 bits per heavy atom. The van der Waals surface area contributed by atoms with Gasteiger partial charge in [0.2, 0.25) is 0 Å². The molecule has 0 heterocycles. The van der Waals surface area contributed by atoms with Gasteiger partial charge in [0.1, 0.15) is 6.61 Å². The van der Waals surface area contributed by atoms with Crippen LogP contribution in [0.3, 0.4) is 0 Å². The molecule has 18 heavy (non-hydrogen) atoms. The number of esters is 1. The first-order chi connectivity index (χ1) is 8.38. The Labute approximate surface area is 108 Å². The van der Waals surface area contributed by atoms with Gasteiger partial charge in [-0.1, -0.05) is 32.6 Å². The molecule has 0 aromatic heterocycles. The van der Waals surface area contributed by atoms with Crippen LogP contribution in [-0.2, 0) is 14.3 Å². The van der Waals surface area contributed by atoms with Gasteiger partial charge in [0, 0.05) is 0 Å². The monoisotopic (exact) mass is 254 g/mol. The van der Waals surface area contributed by atoms with Crippen molar-refractivity contribution in [3.05, 3.63) is 25.3 Å². The number of hydrogen-bond donors (Lipinski definition) is 1. The first kappa shape index (κ1) is 16.4. The Hall–Kier alpha value is -1.58. The van der Waals surface area contributed by atoms with Crippen LogP contribution >= 0.6 is 0 Å². The highest BCUT2D eigenvalue weighted by Crippen LogP contribution is 2.36. The topological polar surface area (TPSA) is 63.6 Å². The molecule has 4 nitrogen and oxygen atoms in total. The maximum absolute atomic E-state index is 12.1. The minimum atomic E-state index is -1.02. The smallest absolute Gasteiger partial charge is 0.313 e. The second kappa shape index (κ2) is 7.69. The van der Waals surface area contributed by atoms with Crippen molar-refractivity contribution in [2.24, 2.45) is 11.3 Å². The van der Waals surface area contributed by atoms with Crippen LogP contribution in [0.2, 0.25) is 0 Å². The molecule has 0 fully saturated rings. The molecule has 0 rings (SSSR count). The molecule has 102 valence electrons. The highest BCUT2D eigenvalue weighted by atomic mass is 16.5. The zero-order valence-electron chi connectivity index (χ0n) is 11.1. The SMILES string of the molecule is C=CCOC(=O)[C@@](CC=C)(CC(=O)O)CC(C)C. The van der Waals surface area contributed by atoms with Crippen molar-refractivity contribution < 1.29 is 19.4 Å². The molecular weight excluding hydrogens is 232 g/mol. The van der Waals surface area contributed by atoms with Crippen LogP contribution in [0.4, 0.5) is 0 Å². The van der Waals surface area contributed by atoms with Crippen molar-refractivity contribution in [2.75, 3.05) is 6.61 Å². The van der Waals surface area contributed by atoms with E-state index in [0.717, 1.165) is 0 Å². The Kier molecular flexibility index (Phi) is 7.01. The zero-order chi connectivity index (χ0) is 14.2. The molecule has 0 aromatic rings. The maximum atomic E-state index is 12.1. The van der Waals surface area contributed by atoms with E-state index < -0.39 is 17.4 Å². The van der Waals surface area contributed by atoms with E-state index in [1.807, 2.05) is 13.8 Å². The van der Waals surface area contributed by atoms with Crippen LogP contribution in [0, 0.1) is 11.3 Å². The fourth-order valence-corrected chi connectivity index (χ4v) is 2.10. The molecule has 0 amide bonds. The molecule has 0 aliphatic carbocycles. The van der Waals surface area contributed by atoms with E-state index in [-0.39, 0.29) is 18.9 Å². The van der Waals surface area contributed by atoms with Crippen molar-refractivity contribution in [2.45, 2.75) is 33.1 Å². The number of allylic oxidation sites excluding steroid dienone is 1. The van der Waals surface area contributed by atoms with Crippen molar-refractivity contribution in [1.82, 2.24) is 0 Å². The summed E-state index contributed by atoms with van der Waals surface area (Å²) in [4.78, 5) is 23.1. The Bertz CT molecular complexity index is 320. The van der Waals surface area contributed by atoms with Gasteiger partial charge in [-0.25, -0.2) is 0 Å². The third-order valence-electron chi connectivity index (χ3n) is 2.59. The third-order valence-corrected chi connectivity index (χ3v) is 2.59. The second-order valence-corrected chi connectivity index (χ2v) is 4.83. The second-order valence-electron chi connectivity index (χ2n) is 4.83. The molecule has 0 aliphatic heterocycles. The highest BCUT2D eigenvalue weighted by molar-refractivity contribution is 5.83. The lowest BCUT2D eigenvalue weighted by atomic mass is 9.74. The minimum Gasteiger partial charge on any atom is -0.481 e. The fourth-order valence-electron chi connectivity index (χ4n) is 2.10. The van der Waals surface area contributed by atoms with Crippen LogP contribution in [0.15, 0.2) is 25.3 Å². The number of ether oxygens (including phenoxy) is 1. The maximum Gasteiger partial charge on any atom is 0.313 e. The predicted molar refractivity (Wildman–Crippen MR) is 70.1 cm³/mol. The van der Waals surface area contributed by atoms with Gasteiger partial charge in [0.05, 0.1) is 11.8 Å². The summed E-state index contributed by atoms with van der Waals surface area (Å²) >= 11 is 0. The predicted octanol–water partition coefficient (Wildman–Crippen LogP) is 2.80. The summed E-state index contributed by atoms with van der Waals surface area (Å²) in [5.74, 6) is -1.30. The quantitative estimate of drug-likeness (QED) is 0.507. The number of hydrogen-bond acceptors (Lipinski definition) is 3. The largest absolute Gasteiger partial charge is 0.481 e. The Morgan fingerprint density at radius 3 is 2.33 bits per heavy atom. The average molecular weight is 254 g/mol. The normalized spacial score (nSPS) is 13.7.